The number of hydrogen-bond acceptors (Lipinski definition) is 2. The molecule has 0 radical (unpaired) electrons. The number of nitrogens with one attached hydrogen (secondary N) is 2. The predicted octanol–water partition coefficient (Wildman–Crippen LogP) is 2.45. The lowest BCUT2D eigenvalue weighted by Gasteiger charge is -2.05. The SMILES string of the molecule is O=C(Nc1cccc(Cl)c1F)c1cn[nH]c1. The van der Waals surface area contributed by atoms with E-state index in [1.165, 1.54) is 24.5 Å². The van der Waals surface area contributed by atoms with Crippen LogP contribution in [0.3, 0.4) is 0 Å². The number of aromatic amines is 1. The Morgan fingerprint density at radius 2 is 2.31 bits per heavy atom. The van der Waals surface area contributed by atoms with Crippen molar-refractivity contribution in [2.45, 2.75) is 0 Å². The minimum absolute atomic E-state index is 0.0370. The van der Waals surface area contributed by atoms with Gasteiger partial charge in [-0.25, -0.2) is 4.39 Å². The average Bonchev–Trinajstić information content (AvgIpc) is 2.78. The van der Waals surface area contributed by atoms with Gasteiger partial charge < -0.3 is 5.32 Å². The normalized spacial score (nSPS) is 10.1. The summed E-state index contributed by atoms with van der Waals surface area (Å²) >= 11 is 5.58. The number of rotatable bonds is 2. The van der Waals surface area contributed by atoms with Gasteiger partial charge in [-0.2, -0.15) is 5.10 Å². The van der Waals surface area contributed by atoms with Gasteiger partial charge in [0, 0.05) is 6.20 Å². The zero-order chi connectivity index (χ0) is 11.5. The number of anilines is 1. The largest absolute Gasteiger partial charge is 0.319 e. The van der Waals surface area contributed by atoms with Crippen LogP contribution in [0.15, 0.2) is 30.6 Å². The van der Waals surface area contributed by atoms with Crippen molar-refractivity contribution in [3.63, 3.8) is 0 Å². The zero-order valence-electron chi connectivity index (χ0n) is 8.00. The molecule has 2 rings (SSSR count). The van der Waals surface area contributed by atoms with Crippen LogP contribution in [0.4, 0.5) is 10.1 Å². The Morgan fingerprint density at radius 1 is 1.50 bits per heavy atom. The van der Waals surface area contributed by atoms with Crippen LogP contribution in [-0.4, -0.2) is 16.1 Å². The lowest BCUT2D eigenvalue weighted by atomic mass is 10.2. The second kappa shape index (κ2) is 4.32. The van der Waals surface area contributed by atoms with Crippen molar-refractivity contribution >= 4 is 23.2 Å². The van der Waals surface area contributed by atoms with E-state index < -0.39 is 11.7 Å². The van der Waals surface area contributed by atoms with E-state index in [9.17, 15) is 9.18 Å². The standard InChI is InChI=1S/C10H7ClFN3O/c11-7-2-1-3-8(9(7)12)15-10(16)6-4-13-14-5-6/h1-5H,(H,13,14)(H,15,16). The van der Waals surface area contributed by atoms with Gasteiger partial charge in [0.1, 0.15) is 0 Å². The Morgan fingerprint density at radius 3 is 3.00 bits per heavy atom. The maximum Gasteiger partial charge on any atom is 0.258 e. The fourth-order valence-electron chi connectivity index (χ4n) is 1.17. The second-order valence-electron chi connectivity index (χ2n) is 3.04. The lowest BCUT2D eigenvalue weighted by Crippen LogP contribution is -2.12. The number of benzene rings is 1. The molecule has 16 heavy (non-hydrogen) atoms. The van der Waals surface area contributed by atoms with E-state index in [0.717, 1.165) is 0 Å². The summed E-state index contributed by atoms with van der Waals surface area (Å²) in [6, 6.07) is 4.39. The number of aromatic nitrogens is 2. The third-order valence-electron chi connectivity index (χ3n) is 1.96. The summed E-state index contributed by atoms with van der Waals surface area (Å²) < 4.78 is 13.4. The van der Waals surface area contributed by atoms with Crippen LogP contribution >= 0.6 is 11.6 Å². The molecule has 0 unspecified atom stereocenters. The number of carbonyl (C=O) groups is 1. The maximum atomic E-state index is 13.4. The van der Waals surface area contributed by atoms with Crippen molar-refractivity contribution in [3.05, 3.63) is 47.0 Å². The minimum Gasteiger partial charge on any atom is -0.319 e. The van der Waals surface area contributed by atoms with Gasteiger partial charge in [-0.15, -0.1) is 0 Å². The third-order valence-corrected chi connectivity index (χ3v) is 2.25. The molecular formula is C10H7ClFN3O. The first-order valence-corrected chi connectivity index (χ1v) is 4.80. The molecule has 82 valence electrons. The van der Waals surface area contributed by atoms with Crippen molar-refractivity contribution in [2.24, 2.45) is 0 Å². The highest BCUT2D eigenvalue weighted by molar-refractivity contribution is 6.31. The summed E-state index contributed by atoms with van der Waals surface area (Å²) in [7, 11) is 0. The summed E-state index contributed by atoms with van der Waals surface area (Å²) in [6.07, 6.45) is 2.76. The highest BCUT2D eigenvalue weighted by atomic mass is 35.5. The van der Waals surface area contributed by atoms with Crippen LogP contribution in [0.5, 0.6) is 0 Å². The molecule has 0 aliphatic carbocycles. The van der Waals surface area contributed by atoms with E-state index in [2.05, 4.69) is 15.5 Å². The average molecular weight is 240 g/mol. The summed E-state index contributed by atoms with van der Waals surface area (Å²) in [5.41, 5.74) is 0.359. The lowest BCUT2D eigenvalue weighted by molar-refractivity contribution is 0.102. The maximum absolute atomic E-state index is 13.4. The molecular weight excluding hydrogens is 233 g/mol. The van der Waals surface area contributed by atoms with Crippen LogP contribution < -0.4 is 5.32 Å². The highest BCUT2D eigenvalue weighted by Crippen LogP contribution is 2.22. The molecule has 0 aliphatic rings. The zero-order valence-corrected chi connectivity index (χ0v) is 8.75. The van der Waals surface area contributed by atoms with E-state index >= 15 is 0 Å². The van der Waals surface area contributed by atoms with Crippen molar-refractivity contribution in [1.29, 1.82) is 0 Å². The molecule has 0 spiro atoms. The van der Waals surface area contributed by atoms with Gasteiger partial charge >= 0.3 is 0 Å². The van der Waals surface area contributed by atoms with Crippen molar-refractivity contribution in [3.8, 4) is 0 Å². The third kappa shape index (κ3) is 2.04. The monoisotopic (exact) mass is 239 g/mol. The Bertz CT molecular complexity index is 513. The van der Waals surface area contributed by atoms with Crippen LogP contribution in [0.2, 0.25) is 5.02 Å². The Hall–Kier alpha value is -1.88. The molecule has 0 atom stereocenters. The minimum atomic E-state index is -0.652. The van der Waals surface area contributed by atoms with E-state index in [-0.39, 0.29) is 10.7 Å². The number of H-pyrrole nitrogens is 1. The van der Waals surface area contributed by atoms with Gasteiger partial charge in [0.15, 0.2) is 5.82 Å². The molecule has 0 saturated carbocycles. The molecule has 1 heterocycles. The van der Waals surface area contributed by atoms with Gasteiger partial charge in [-0.05, 0) is 12.1 Å². The first-order valence-electron chi connectivity index (χ1n) is 4.42. The number of halogens is 2. The number of hydrogen-bond donors (Lipinski definition) is 2. The molecule has 4 nitrogen and oxygen atoms in total. The van der Waals surface area contributed by atoms with Gasteiger partial charge in [0.25, 0.3) is 5.91 Å². The van der Waals surface area contributed by atoms with Gasteiger partial charge in [0.2, 0.25) is 0 Å². The Kier molecular flexibility index (Phi) is 2.87. The predicted molar refractivity (Wildman–Crippen MR) is 58.0 cm³/mol. The first-order chi connectivity index (χ1) is 7.68. The smallest absolute Gasteiger partial charge is 0.258 e. The number of nitrogens with zero attached hydrogens (tertiary/aromatic N) is 1. The molecule has 2 aromatic rings. The fourth-order valence-corrected chi connectivity index (χ4v) is 1.34. The summed E-state index contributed by atoms with van der Waals surface area (Å²) in [5.74, 6) is -1.10. The summed E-state index contributed by atoms with van der Waals surface area (Å²) in [4.78, 5) is 11.6. The molecule has 6 heteroatoms. The molecule has 1 aromatic carbocycles. The highest BCUT2D eigenvalue weighted by Gasteiger charge is 2.11. The van der Waals surface area contributed by atoms with Crippen molar-refractivity contribution in [1.82, 2.24) is 10.2 Å². The number of amides is 1. The van der Waals surface area contributed by atoms with Crippen LogP contribution in [0.1, 0.15) is 10.4 Å². The quantitative estimate of drug-likeness (QED) is 0.846. The molecule has 1 aromatic heterocycles. The van der Waals surface area contributed by atoms with Crippen molar-refractivity contribution < 1.29 is 9.18 Å². The van der Waals surface area contributed by atoms with E-state index in [4.69, 9.17) is 11.6 Å². The fraction of sp³-hybridized carbons (Fsp3) is 0. The van der Waals surface area contributed by atoms with E-state index in [0.29, 0.717) is 5.56 Å². The Labute approximate surface area is 95.4 Å². The molecule has 0 fully saturated rings. The summed E-state index contributed by atoms with van der Waals surface area (Å²) in [5, 5.41) is 8.47. The Balaban J connectivity index is 2.22. The van der Waals surface area contributed by atoms with Gasteiger partial charge in [-0.3, -0.25) is 9.89 Å². The van der Waals surface area contributed by atoms with Crippen LogP contribution in [0.25, 0.3) is 0 Å². The number of carbonyl (C=O) groups excluding carboxylic acids is 1. The van der Waals surface area contributed by atoms with Gasteiger partial charge in [0.05, 0.1) is 22.5 Å². The topological polar surface area (TPSA) is 57.8 Å². The molecule has 1 amide bonds. The molecule has 0 aliphatic heterocycles. The second-order valence-corrected chi connectivity index (χ2v) is 3.45. The van der Waals surface area contributed by atoms with Crippen molar-refractivity contribution in [2.75, 3.05) is 5.32 Å². The van der Waals surface area contributed by atoms with E-state index in [1.807, 2.05) is 0 Å². The molecule has 0 bridgehead atoms. The first kappa shape index (κ1) is 10.6. The summed E-state index contributed by atoms with van der Waals surface area (Å²) in [6.45, 7) is 0. The van der Waals surface area contributed by atoms with Gasteiger partial charge in [-0.1, -0.05) is 17.7 Å². The molecule has 2 N–H and O–H groups in total. The van der Waals surface area contributed by atoms with Crippen LogP contribution in [-0.2, 0) is 0 Å². The molecule has 0 saturated heterocycles. The van der Waals surface area contributed by atoms with E-state index in [1.54, 1.807) is 6.07 Å². The van der Waals surface area contributed by atoms with Crippen LogP contribution in [0, 0.1) is 5.82 Å².